The summed E-state index contributed by atoms with van der Waals surface area (Å²) in [5.41, 5.74) is 2.29. The molecule has 3 atom stereocenters. The molecule has 0 aliphatic heterocycles. The van der Waals surface area contributed by atoms with Crippen LogP contribution >= 0.6 is 0 Å². The van der Waals surface area contributed by atoms with E-state index < -0.39 is 29.9 Å². The Morgan fingerprint density at radius 3 is 1.93 bits per heavy atom. The van der Waals surface area contributed by atoms with E-state index in [-0.39, 0.29) is 17.7 Å². The molecule has 0 heterocycles. The van der Waals surface area contributed by atoms with Crippen molar-refractivity contribution in [2.24, 2.45) is 22.7 Å². The van der Waals surface area contributed by atoms with Gasteiger partial charge < -0.3 is 26.2 Å². The minimum Gasteiger partial charge on any atom is -0.345 e. The van der Waals surface area contributed by atoms with Crippen LogP contribution in [0.15, 0.2) is 4.99 Å². The lowest BCUT2D eigenvalue weighted by Crippen LogP contribution is -2.55. The number of nitrogens with zero attached hydrogens (tertiary/aromatic N) is 1. The van der Waals surface area contributed by atoms with Crippen LogP contribution in [-0.2, 0) is 19.2 Å². The molecule has 0 fully saturated rings. The molecule has 0 aromatic heterocycles. The molecule has 30 heavy (non-hydrogen) atoms. The SMILES string of the molecule is CC(=O)NC(CC(C)C)C(=O)NC(CC(C)C)C(=O)NC(C=O)CCCN=CNN. The molecule has 0 aromatic rings. The number of aliphatic imine (C=N–C) groups is 1. The van der Waals surface area contributed by atoms with E-state index in [9.17, 15) is 19.2 Å². The van der Waals surface area contributed by atoms with E-state index >= 15 is 0 Å². The van der Waals surface area contributed by atoms with Gasteiger partial charge in [-0.1, -0.05) is 27.7 Å². The maximum atomic E-state index is 12.8. The van der Waals surface area contributed by atoms with E-state index in [4.69, 9.17) is 5.84 Å². The van der Waals surface area contributed by atoms with E-state index in [1.807, 2.05) is 27.7 Å². The fourth-order valence-corrected chi connectivity index (χ4v) is 2.90. The van der Waals surface area contributed by atoms with Crippen molar-refractivity contribution in [3.8, 4) is 0 Å². The summed E-state index contributed by atoms with van der Waals surface area (Å²) in [6.45, 7) is 9.58. The monoisotopic (exact) mass is 426 g/mol. The number of hydrogen-bond acceptors (Lipinski definition) is 6. The topological polar surface area (TPSA) is 155 Å². The molecule has 0 aromatic carbocycles. The third kappa shape index (κ3) is 12.9. The molecule has 3 amide bonds. The van der Waals surface area contributed by atoms with Crippen molar-refractivity contribution in [3.63, 3.8) is 0 Å². The van der Waals surface area contributed by atoms with E-state index in [2.05, 4.69) is 26.4 Å². The van der Waals surface area contributed by atoms with Gasteiger partial charge in [-0.2, -0.15) is 0 Å². The van der Waals surface area contributed by atoms with Gasteiger partial charge in [0.15, 0.2) is 0 Å². The highest BCUT2D eigenvalue weighted by Crippen LogP contribution is 2.09. The molecule has 0 saturated heterocycles. The summed E-state index contributed by atoms with van der Waals surface area (Å²) in [4.78, 5) is 52.3. The van der Waals surface area contributed by atoms with Crippen molar-refractivity contribution in [2.45, 2.75) is 78.4 Å². The van der Waals surface area contributed by atoms with Crippen molar-refractivity contribution >= 4 is 30.3 Å². The first-order valence-electron chi connectivity index (χ1n) is 10.4. The number of carbonyl (C=O) groups is 4. The Bertz CT molecular complexity index is 580. The van der Waals surface area contributed by atoms with Gasteiger partial charge in [0.1, 0.15) is 18.4 Å². The fraction of sp³-hybridized carbons (Fsp3) is 0.750. The van der Waals surface area contributed by atoms with Crippen LogP contribution in [0, 0.1) is 11.8 Å². The minimum absolute atomic E-state index is 0.137. The molecule has 0 saturated carbocycles. The van der Waals surface area contributed by atoms with Crippen molar-refractivity contribution < 1.29 is 19.2 Å². The van der Waals surface area contributed by atoms with Gasteiger partial charge in [0, 0.05) is 13.5 Å². The second-order valence-electron chi connectivity index (χ2n) is 8.17. The number of hydrogen-bond donors (Lipinski definition) is 5. The van der Waals surface area contributed by atoms with Crippen molar-refractivity contribution in [1.82, 2.24) is 21.4 Å². The number of aldehydes is 1. The molecule has 0 bridgehead atoms. The molecule has 172 valence electrons. The highest BCUT2D eigenvalue weighted by molar-refractivity contribution is 5.92. The van der Waals surface area contributed by atoms with Crippen LogP contribution in [0.25, 0.3) is 0 Å². The molecule has 0 radical (unpaired) electrons. The van der Waals surface area contributed by atoms with E-state index in [1.54, 1.807) is 0 Å². The van der Waals surface area contributed by atoms with E-state index in [0.29, 0.717) is 38.5 Å². The summed E-state index contributed by atoms with van der Waals surface area (Å²) in [7, 11) is 0. The largest absolute Gasteiger partial charge is 0.345 e. The van der Waals surface area contributed by atoms with Crippen LogP contribution in [0.5, 0.6) is 0 Å². The zero-order valence-corrected chi connectivity index (χ0v) is 18.7. The van der Waals surface area contributed by atoms with E-state index in [1.165, 1.54) is 13.3 Å². The van der Waals surface area contributed by atoms with Crippen LogP contribution < -0.4 is 27.2 Å². The van der Waals surface area contributed by atoms with Crippen LogP contribution in [0.2, 0.25) is 0 Å². The van der Waals surface area contributed by atoms with E-state index in [0.717, 1.165) is 0 Å². The Morgan fingerprint density at radius 1 is 0.933 bits per heavy atom. The molecule has 0 rings (SSSR count). The second-order valence-corrected chi connectivity index (χ2v) is 8.17. The van der Waals surface area contributed by atoms with Gasteiger partial charge in [0.2, 0.25) is 17.7 Å². The number of carbonyl (C=O) groups excluding carboxylic acids is 4. The Kier molecular flexibility index (Phi) is 14.1. The average Bonchev–Trinajstić information content (AvgIpc) is 2.64. The summed E-state index contributed by atoms with van der Waals surface area (Å²) in [5.74, 6) is 4.25. The Hall–Kier alpha value is -2.49. The highest BCUT2D eigenvalue weighted by atomic mass is 16.2. The first-order chi connectivity index (χ1) is 14.1. The molecular formula is C20H38N6O4. The van der Waals surface area contributed by atoms with Crippen LogP contribution in [0.3, 0.4) is 0 Å². The van der Waals surface area contributed by atoms with Gasteiger partial charge in [0.25, 0.3) is 0 Å². The van der Waals surface area contributed by atoms with Crippen LogP contribution in [-0.4, -0.2) is 55.0 Å². The molecule has 0 aliphatic rings. The summed E-state index contributed by atoms with van der Waals surface area (Å²) >= 11 is 0. The zero-order chi connectivity index (χ0) is 23.1. The third-order valence-corrected chi connectivity index (χ3v) is 4.20. The summed E-state index contributed by atoms with van der Waals surface area (Å²) < 4.78 is 0. The quantitative estimate of drug-likeness (QED) is 0.0621. The Balaban J connectivity index is 5.06. The lowest BCUT2D eigenvalue weighted by Gasteiger charge is -2.25. The van der Waals surface area contributed by atoms with Crippen LogP contribution in [0.1, 0.15) is 60.3 Å². The first kappa shape index (κ1) is 27.5. The standard InChI is InChI=1S/C20H38N6O4/c1-13(2)9-17(24-15(5)28)20(30)26-18(10-14(3)4)19(29)25-16(11-27)7-6-8-22-12-23-21/h11-14,16-18H,6-10,21H2,1-5H3,(H,22,23)(H,24,28)(H,25,29)(H,26,30). The van der Waals surface area contributed by atoms with Gasteiger partial charge in [-0.05, 0) is 37.5 Å². The smallest absolute Gasteiger partial charge is 0.243 e. The number of amides is 3. The summed E-state index contributed by atoms with van der Waals surface area (Å²) in [5, 5.41) is 8.07. The molecule has 0 spiro atoms. The van der Waals surface area contributed by atoms with Gasteiger partial charge >= 0.3 is 0 Å². The van der Waals surface area contributed by atoms with Crippen molar-refractivity contribution in [3.05, 3.63) is 0 Å². The maximum absolute atomic E-state index is 12.8. The number of nitrogens with one attached hydrogen (secondary N) is 4. The highest BCUT2D eigenvalue weighted by Gasteiger charge is 2.28. The van der Waals surface area contributed by atoms with Gasteiger partial charge in [0.05, 0.1) is 12.4 Å². The molecule has 10 heteroatoms. The minimum atomic E-state index is -0.803. The van der Waals surface area contributed by atoms with Gasteiger partial charge in [-0.15, -0.1) is 0 Å². The second kappa shape index (κ2) is 15.4. The molecule has 6 N–H and O–H groups in total. The van der Waals surface area contributed by atoms with Crippen molar-refractivity contribution in [1.29, 1.82) is 0 Å². The number of hydrazine groups is 1. The Morgan fingerprint density at radius 2 is 1.47 bits per heavy atom. The molecule has 10 nitrogen and oxygen atoms in total. The summed E-state index contributed by atoms with van der Waals surface area (Å²) in [6, 6.07) is -2.20. The third-order valence-electron chi connectivity index (χ3n) is 4.20. The lowest BCUT2D eigenvalue weighted by molar-refractivity contribution is -0.133. The predicted molar refractivity (Wildman–Crippen MR) is 116 cm³/mol. The Labute approximate surface area is 179 Å². The molecule has 3 unspecified atom stereocenters. The molecule has 0 aliphatic carbocycles. The van der Waals surface area contributed by atoms with Gasteiger partial charge in [-0.3, -0.25) is 19.4 Å². The first-order valence-corrected chi connectivity index (χ1v) is 10.4. The van der Waals surface area contributed by atoms with Gasteiger partial charge in [-0.25, -0.2) is 5.84 Å². The lowest BCUT2D eigenvalue weighted by atomic mass is 9.99. The normalized spacial score (nSPS) is 14.3. The average molecular weight is 427 g/mol. The van der Waals surface area contributed by atoms with Crippen molar-refractivity contribution in [2.75, 3.05) is 6.54 Å². The maximum Gasteiger partial charge on any atom is 0.243 e. The fourth-order valence-electron chi connectivity index (χ4n) is 2.90. The summed E-state index contributed by atoms with van der Waals surface area (Å²) in [6.07, 6.45) is 3.89. The number of rotatable bonds is 15. The molecular weight excluding hydrogens is 388 g/mol. The van der Waals surface area contributed by atoms with Crippen LogP contribution in [0.4, 0.5) is 0 Å². The zero-order valence-electron chi connectivity index (χ0n) is 18.7. The predicted octanol–water partition coefficient (Wildman–Crippen LogP) is 0.0236. The number of nitrogens with two attached hydrogens (primary N) is 1.